The topological polar surface area (TPSA) is 37.3 Å². The Morgan fingerprint density at radius 1 is 1.21 bits per heavy atom. The van der Waals surface area contributed by atoms with Gasteiger partial charge in [-0.15, -0.1) is 0 Å². The number of carbonyl (C=O) groups excluding carboxylic acids is 1. The van der Waals surface area contributed by atoms with E-state index >= 15 is 0 Å². The third-order valence-corrected chi connectivity index (χ3v) is 4.00. The lowest BCUT2D eigenvalue weighted by atomic mass is 9.79. The summed E-state index contributed by atoms with van der Waals surface area (Å²) in [6, 6.07) is 3.01. The molecule has 1 aliphatic rings. The number of hydrogen-bond donors (Lipinski definition) is 1. The van der Waals surface area contributed by atoms with Crippen LogP contribution >= 0.6 is 0 Å². The largest absolute Gasteiger partial charge is 0.389 e. The SMILES string of the molecule is CC(O)c1ccc(C2CCC(C=O)CC2)c(F)c1F. The summed E-state index contributed by atoms with van der Waals surface area (Å²) in [6.45, 7) is 1.41. The summed E-state index contributed by atoms with van der Waals surface area (Å²) in [5, 5.41) is 9.35. The molecule has 2 rings (SSSR count). The second-order valence-corrected chi connectivity index (χ2v) is 5.30. The van der Waals surface area contributed by atoms with E-state index in [0.29, 0.717) is 18.4 Å². The van der Waals surface area contributed by atoms with Crippen LogP contribution in [0.3, 0.4) is 0 Å². The van der Waals surface area contributed by atoms with E-state index in [1.54, 1.807) is 6.07 Å². The normalized spacial score (nSPS) is 25.1. The summed E-state index contributed by atoms with van der Waals surface area (Å²) in [4.78, 5) is 10.7. The minimum Gasteiger partial charge on any atom is -0.389 e. The Balaban J connectivity index is 2.22. The molecule has 1 atom stereocenters. The predicted octanol–water partition coefficient (Wildman–Crippen LogP) is 3.49. The van der Waals surface area contributed by atoms with Crippen molar-refractivity contribution in [2.75, 3.05) is 0 Å². The summed E-state index contributed by atoms with van der Waals surface area (Å²) in [6.07, 6.45) is 2.79. The molecule has 0 aliphatic heterocycles. The number of aliphatic hydroxyl groups excluding tert-OH is 1. The Morgan fingerprint density at radius 3 is 2.37 bits per heavy atom. The van der Waals surface area contributed by atoms with Gasteiger partial charge in [-0.3, -0.25) is 0 Å². The van der Waals surface area contributed by atoms with Crippen LogP contribution in [-0.4, -0.2) is 11.4 Å². The van der Waals surface area contributed by atoms with Crippen LogP contribution in [0.1, 0.15) is 55.8 Å². The van der Waals surface area contributed by atoms with Gasteiger partial charge in [0, 0.05) is 11.5 Å². The maximum atomic E-state index is 14.0. The zero-order valence-corrected chi connectivity index (χ0v) is 10.9. The molecule has 104 valence electrons. The maximum Gasteiger partial charge on any atom is 0.164 e. The number of rotatable bonds is 3. The van der Waals surface area contributed by atoms with E-state index in [4.69, 9.17) is 0 Å². The van der Waals surface area contributed by atoms with Gasteiger partial charge in [-0.25, -0.2) is 8.78 Å². The van der Waals surface area contributed by atoms with Gasteiger partial charge in [0.15, 0.2) is 11.6 Å². The molecule has 19 heavy (non-hydrogen) atoms. The monoisotopic (exact) mass is 268 g/mol. The van der Waals surface area contributed by atoms with Gasteiger partial charge in [0.25, 0.3) is 0 Å². The number of benzene rings is 1. The smallest absolute Gasteiger partial charge is 0.164 e. The Hall–Kier alpha value is -1.29. The Bertz CT molecular complexity index is 463. The summed E-state index contributed by atoms with van der Waals surface area (Å²) >= 11 is 0. The van der Waals surface area contributed by atoms with Gasteiger partial charge in [-0.1, -0.05) is 12.1 Å². The molecule has 1 aliphatic carbocycles. The van der Waals surface area contributed by atoms with Crippen LogP contribution in [-0.2, 0) is 4.79 Å². The first kappa shape index (κ1) is 14.1. The molecule has 4 heteroatoms. The van der Waals surface area contributed by atoms with E-state index in [9.17, 15) is 18.7 Å². The van der Waals surface area contributed by atoms with Crippen molar-refractivity contribution in [1.82, 2.24) is 0 Å². The van der Waals surface area contributed by atoms with Crippen LogP contribution in [0.4, 0.5) is 8.78 Å². The lowest BCUT2D eigenvalue weighted by molar-refractivity contribution is -0.111. The summed E-state index contributed by atoms with van der Waals surface area (Å²) in [5.74, 6) is -1.78. The number of aliphatic hydroxyl groups is 1. The first-order valence-corrected chi connectivity index (χ1v) is 6.65. The number of hydrogen-bond acceptors (Lipinski definition) is 2. The number of aldehydes is 1. The molecule has 0 bridgehead atoms. The highest BCUT2D eigenvalue weighted by Gasteiger charge is 2.26. The van der Waals surface area contributed by atoms with Gasteiger partial charge in [-0.2, -0.15) is 0 Å². The fourth-order valence-corrected chi connectivity index (χ4v) is 2.78. The van der Waals surface area contributed by atoms with Crippen LogP contribution in [0.25, 0.3) is 0 Å². The van der Waals surface area contributed by atoms with Gasteiger partial charge < -0.3 is 9.90 Å². The van der Waals surface area contributed by atoms with Crippen LogP contribution in [0.5, 0.6) is 0 Å². The lowest BCUT2D eigenvalue weighted by Crippen LogP contribution is -2.16. The molecule has 1 fully saturated rings. The quantitative estimate of drug-likeness (QED) is 0.852. The van der Waals surface area contributed by atoms with Crippen molar-refractivity contribution in [1.29, 1.82) is 0 Å². The molecular formula is C15H18F2O2. The van der Waals surface area contributed by atoms with Crippen LogP contribution in [0.15, 0.2) is 12.1 Å². The van der Waals surface area contributed by atoms with Crippen molar-refractivity contribution in [3.63, 3.8) is 0 Å². The third kappa shape index (κ3) is 2.84. The molecule has 0 heterocycles. The van der Waals surface area contributed by atoms with Crippen LogP contribution in [0, 0.1) is 17.6 Å². The van der Waals surface area contributed by atoms with E-state index in [0.717, 1.165) is 19.1 Å². The summed E-state index contributed by atoms with van der Waals surface area (Å²) < 4.78 is 27.8. The van der Waals surface area contributed by atoms with Crippen LogP contribution < -0.4 is 0 Å². The molecule has 0 radical (unpaired) electrons. The average molecular weight is 268 g/mol. The highest BCUT2D eigenvalue weighted by molar-refractivity contribution is 5.53. The highest BCUT2D eigenvalue weighted by atomic mass is 19.2. The van der Waals surface area contributed by atoms with Crippen LogP contribution in [0.2, 0.25) is 0 Å². The van der Waals surface area contributed by atoms with Gasteiger partial charge >= 0.3 is 0 Å². The molecule has 1 unspecified atom stereocenters. The maximum absolute atomic E-state index is 14.0. The van der Waals surface area contributed by atoms with E-state index in [1.807, 2.05) is 0 Å². The van der Waals surface area contributed by atoms with Gasteiger partial charge in [0.2, 0.25) is 0 Å². The van der Waals surface area contributed by atoms with E-state index in [-0.39, 0.29) is 17.4 Å². The van der Waals surface area contributed by atoms with Crippen molar-refractivity contribution < 1.29 is 18.7 Å². The molecule has 0 amide bonds. The molecule has 1 N–H and O–H groups in total. The molecule has 0 saturated heterocycles. The predicted molar refractivity (Wildman–Crippen MR) is 67.8 cm³/mol. The van der Waals surface area contributed by atoms with Crippen molar-refractivity contribution in [2.24, 2.45) is 5.92 Å². The Labute approximate surface area is 111 Å². The minimum absolute atomic E-state index is 0.0113. The zero-order valence-electron chi connectivity index (χ0n) is 10.9. The highest BCUT2D eigenvalue weighted by Crippen LogP contribution is 2.37. The molecule has 1 aromatic carbocycles. The number of carbonyl (C=O) groups is 1. The molecular weight excluding hydrogens is 250 g/mol. The zero-order chi connectivity index (χ0) is 14.0. The van der Waals surface area contributed by atoms with Crippen molar-refractivity contribution in [3.8, 4) is 0 Å². The molecule has 1 saturated carbocycles. The van der Waals surface area contributed by atoms with E-state index < -0.39 is 17.7 Å². The molecule has 0 spiro atoms. The van der Waals surface area contributed by atoms with E-state index in [2.05, 4.69) is 0 Å². The van der Waals surface area contributed by atoms with Gasteiger partial charge in [0.1, 0.15) is 6.29 Å². The fourth-order valence-electron chi connectivity index (χ4n) is 2.78. The lowest BCUT2D eigenvalue weighted by Gasteiger charge is -2.26. The minimum atomic E-state index is -1.02. The summed E-state index contributed by atoms with van der Waals surface area (Å²) in [7, 11) is 0. The molecule has 0 aromatic heterocycles. The van der Waals surface area contributed by atoms with Crippen molar-refractivity contribution in [3.05, 3.63) is 34.9 Å². The van der Waals surface area contributed by atoms with Gasteiger partial charge in [0.05, 0.1) is 6.10 Å². The van der Waals surface area contributed by atoms with Gasteiger partial charge in [-0.05, 0) is 44.1 Å². The molecule has 1 aromatic rings. The van der Waals surface area contributed by atoms with Crippen molar-refractivity contribution >= 4 is 6.29 Å². The Morgan fingerprint density at radius 2 is 1.84 bits per heavy atom. The Kier molecular flexibility index (Phi) is 4.30. The molecule has 2 nitrogen and oxygen atoms in total. The van der Waals surface area contributed by atoms with E-state index in [1.165, 1.54) is 13.0 Å². The second-order valence-electron chi connectivity index (χ2n) is 5.30. The first-order valence-electron chi connectivity index (χ1n) is 6.65. The first-order chi connectivity index (χ1) is 9.04. The second kappa shape index (κ2) is 5.78. The number of halogens is 2. The third-order valence-electron chi connectivity index (χ3n) is 4.00. The standard InChI is InChI=1S/C15H18F2O2/c1-9(19)12-6-7-13(15(17)14(12)16)11-4-2-10(8-18)3-5-11/h6-11,19H,2-5H2,1H3. The van der Waals surface area contributed by atoms with Crippen molar-refractivity contribution in [2.45, 2.75) is 44.6 Å². The summed E-state index contributed by atoms with van der Waals surface area (Å²) in [5.41, 5.74) is 0.356. The average Bonchev–Trinajstić information content (AvgIpc) is 2.41. The fraction of sp³-hybridized carbons (Fsp3) is 0.533.